The van der Waals surface area contributed by atoms with E-state index in [2.05, 4.69) is 60.7 Å². The molecule has 21 heavy (non-hydrogen) atoms. The molecular weight excluding hydrogens is 271 g/mol. The smallest absolute Gasteiger partial charge is 0.0124 e. The minimum atomic E-state index is -0.187. The number of hydrogen-bond donors (Lipinski definition) is 0. The van der Waals surface area contributed by atoms with E-state index in [0.29, 0.717) is 0 Å². The van der Waals surface area contributed by atoms with Crippen LogP contribution in [0.3, 0.4) is 0 Å². The standard InChI is InChI=1S/C20H23P/c1-3-8-17(9-4-1)21(18-10-5-2-6-11-18)19-12-7-13-20(16-19)14-15-20/h1-6,8-11,19H,7,12-16H2/t19-/m0/s1. The quantitative estimate of drug-likeness (QED) is 0.710. The van der Waals surface area contributed by atoms with E-state index in [1.807, 2.05) is 0 Å². The Bertz CT molecular complexity index is 546. The first-order valence-electron chi connectivity index (χ1n) is 8.26. The third-order valence-corrected chi connectivity index (χ3v) is 8.18. The first-order valence-corrected chi connectivity index (χ1v) is 9.67. The minimum absolute atomic E-state index is 0.187. The molecule has 2 saturated carbocycles. The van der Waals surface area contributed by atoms with Crippen molar-refractivity contribution >= 4 is 18.5 Å². The summed E-state index contributed by atoms with van der Waals surface area (Å²) in [5, 5.41) is 3.14. The highest BCUT2D eigenvalue weighted by atomic mass is 31.1. The van der Waals surface area contributed by atoms with Gasteiger partial charge < -0.3 is 0 Å². The molecule has 2 aromatic carbocycles. The summed E-state index contributed by atoms with van der Waals surface area (Å²) in [6, 6.07) is 22.6. The van der Waals surface area contributed by atoms with Gasteiger partial charge in [-0.3, -0.25) is 0 Å². The molecule has 0 amide bonds. The lowest BCUT2D eigenvalue weighted by Crippen LogP contribution is -2.27. The second-order valence-electron chi connectivity index (χ2n) is 6.79. The topological polar surface area (TPSA) is 0 Å². The zero-order valence-corrected chi connectivity index (χ0v) is 13.4. The van der Waals surface area contributed by atoms with Crippen LogP contribution in [0.1, 0.15) is 38.5 Å². The van der Waals surface area contributed by atoms with E-state index < -0.39 is 0 Å². The Morgan fingerprint density at radius 2 is 1.33 bits per heavy atom. The van der Waals surface area contributed by atoms with Gasteiger partial charge in [0.05, 0.1) is 0 Å². The zero-order valence-electron chi connectivity index (χ0n) is 12.5. The van der Waals surface area contributed by atoms with E-state index in [-0.39, 0.29) is 7.92 Å². The Balaban J connectivity index is 1.70. The fraction of sp³-hybridized carbons (Fsp3) is 0.400. The lowest BCUT2D eigenvalue weighted by Gasteiger charge is -2.35. The SMILES string of the molecule is c1ccc(P(c2ccccc2)[C@H]2CCCC3(CC3)C2)cc1. The van der Waals surface area contributed by atoms with Crippen molar-refractivity contribution in [1.82, 2.24) is 0 Å². The van der Waals surface area contributed by atoms with Crippen LogP contribution < -0.4 is 10.6 Å². The van der Waals surface area contributed by atoms with Gasteiger partial charge in [0.25, 0.3) is 0 Å². The van der Waals surface area contributed by atoms with E-state index in [4.69, 9.17) is 0 Å². The Hall–Kier alpha value is -1.13. The van der Waals surface area contributed by atoms with Crippen LogP contribution in [0, 0.1) is 5.41 Å². The second kappa shape index (κ2) is 5.58. The molecule has 2 aliphatic rings. The largest absolute Gasteiger partial charge is 0.0622 e. The molecule has 0 bridgehead atoms. The van der Waals surface area contributed by atoms with E-state index in [0.717, 1.165) is 11.1 Å². The molecule has 0 radical (unpaired) electrons. The van der Waals surface area contributed by atoms with Crippen molar-refractivity contribution in [1.29, 1.82) is 0 Å². The van der Waals surface area contributed by atoms with Crippen LogP contribution >= 0.6 is 7.92 Å². The summed E-state index contributed by atoms with van der Waals surface area (Å²) in [6.45, 7) is 0. The highest BCUT2D eigenvalue weighted by molar-refractivity contribution is 7.73. The van der Waals surface area contributed by atoms with Gasteiger partial charge in [-0.15, -0.1) is 0 Å². The van der Waals surface area contributed by atoms with Gasteiger partial charge in [0.1, 0.15) is 0 Å². The normalized spacial score (nSPS) is 23.4. The summed E-state index contributed by atoms with van der Waals surface area (Å²) < 4.78 is 0. The average molecular weight is 294 g/mol. The van der Waals surface area contributed by atoms with Crippen molar-refractivity contribution in [2.45, 2.75) is 44.2 Å². The Morgan fingerprint density at radius 3 is 1.86 bits per heavy atom. The maximum atomic E-state index is 2.35. The summed E-state index contributed by atoms with van der Waals surface area (Å²) in [5.41, 5.74) is 1.65. The monoisotopic (exact) mass is 294 g/mol. The third-order valence-electron chi connectivity index (χ3n) is 5.30. The zero-order chi connectivity index (χ0) is 14.1. The maximum Gasteiger partial charge on any atom is -0.0124 e. The Kier molecular flexibility index (Phi) is 3.59. The van der Waals surface area contributed by atoms with Gasteiger partial charge in [-0.05, 0) is 61.7 Å². The van der Waals surface area contributed by atoms with Crippen molar-refractivity contribution < 1.29 is 0 Å². The molecule has 2 aliphatic carbocycles. The minimum Gasteiger partial charge on any atom is -0.0622 e. The van der Waals surface area contributed by atoms with Crippen LogP contribution in [0.2, 0.25) is 0 Å². The lowest BCUT2D eigenvalue weighted by molar-refractivity contribution is 0.343. The predicted octanol–water partition coefficient (Wildman–Crippen LogP) is 4.84. The van der Waals surface area contributed by atoms with Crippen LogP contribution in [0.25, 0.3) is 0 Å². The van der Waals surface area contributed by atoms with Gasteiger partial charge in [-0.2, -0.15) is 0 Å². The fourth-order valence-corrected chi connectivity index (χ4v) is 7.15. The maximum absolute atomic E-state index is 2.35. The molecule has 0 unspecified atom stereocenters. The van der Waals surface area contributed by atoms with Crippen molar-refractivity contribution in [3.05, 3.63) is 60.7 Å². The van der Waals surface area contributed by atoms with Gasteiger partial charge in [0.15, 0.2) is 0 Å². The van der Waals surface area contributed by atoms with E-state index in [1.54, 1.807) is 10.6 Å². The van der Waals surface area contributed by atoms with E-state index in [9.17, 15) is 0 Å². The molecule has 1 atom stereocenters. The Morgan fingerprint density at radius 1 is 0.762 bits per heavy atom. The first kappa shape index (κ1) is 13.5. The van der Waals surface area contributed by atoms with Crippen LogP contribution in [0.4, 0.5) is 0 Å². The van der Waals surface area contributed by atoms with Gasteiger partial charge >= 0.3 is 0 Å². The molecule has 108 valence electrons. The summed E-state index contributed by atoms with van der Waals surface area (Å²) in [6.07, 6.45) is 8.84. The molecule has 2 aromatic rings. The highest BCUT2D eigenvalue weighted by Crippen LogP contribution is 2.61. The van der Waals surface area contributed by atoms with Gasteiger partial charge in [0, 0.05) is 0 Å². The highest BCUT2D eigenvalue weighted by Gasteiger charge is 2.47. The molecule has 4 rings (SSSR count). The predicted molar refractivity (Wildman–Crippen MR) is 93.0 cm³/mol. The number of rotatable bonds is 3. The number of benzene rings is 2. The fourth-order valence-electron chi connectivity index (χ4n) is 4.02. The lowest BCUT2D eigenvalue weighted by atomic mass is 9.86. The third kappa shape index (κ3) is 2.79. The van der Waals surface area contributed by atoms with Crippen molar-refractivity contribution in [3.63, 3.8) is 0 Å². The van der Waals surface area contributed by atoms with E-state index >= 15 is 0 Å². The van der Waals surface area contributed by atoms with Gasteiger partial charge in [0.2, 0.25) is 0 Å². The molecule has 0 aliphatic heterocycles. The van der Waals surface area contributed by atoms with Crippen LogP contribution in [0.5, 0.6) is 0 Å². The molecule has 0 saturated heterocycles. The molecule has 1 spiro atoms. The molecule has 1 heteroatoms. The van der Waals surface area contributed by atoms with Gasteiger partial charge in [-0.25, -0.2) is 0 Å². The number of hydrogen-bond acceptors (Lipinski definition) is 0. The van der Waals surface area contributed by atoms with Crippen molar-refractivity contribution in [3.8, 4) is 0 Å². The van der Waals surface area contributed by atoms with Crippen LogP contribution in [0.15, 0.2) is 60.7 Å². The molecule has 0 N–H and O–H groups in total. The summed E-state index contributed by atoms with van der Waals surface area (Å²) >= 11 is 0. The molecule has 0 aromatic heterocycles. The van der Waals surface area contributed by atoms with Crippen molar-refractivity contribution in [2.75, 3.05) is 0 Å². The van der Waals surface area contributed by atoms with Crippen LogP contribution in [-0.2, 0) is 0 Å². The summed E-state index contributed by atoms with van der Waals surface area (Å²) in [7, 11) is -0.187. The van der Waals surface area contributed by atoms with Crippen molar-refractivity contribution in [2.24, 2.45) is 5.41 Å². The molecular formula is C20H23P. The molecule has 0 nitrogen and oxygen atoms in total. The molecule has 0 heterocycles. The first-order chi connectivity index (χ1) is 10.4. The van der Waals surface area contributed by atoms with E-state index in [1.165, 1.54) is 38.5 Å². The van der Waals surface area contributed by atoms with Crippen LogP contribution in [-0.4, -0.2) is 5.66 Å². The molecule has 2 fully saturated rings. The average Bonchev–Trinajstić information content (AvgIpc) is 3.28. The summed E-state index contributed by atoms with van der Waals surface area (Å²) in [4.78, 5) is 0. The Labute approximate surface area is 129 Å². The summed E-state index contributed by atoms with van der Waals surface area (Å²) in [5.74, 6) is 0. The van der Waals surface area contributed by atoms with Gasteiger partial charge in [-0.1, -0.05) is 67.1 Å². The second-order valence-corrected chi connectivity index (χ2v) is 9.29.